The second kappa shape index (κ2) is 3.21. The molecule has 0 N–H and O–H groups in total. The van der Waals surface area contributed by atoms with Crippen molar-refractivity contribution in [2.45, 2.75) is 40.0 Å². The fourth-order valence-electron chi connectivity index (χ4n) is 1.60. The van der Waals surface area contributed by atoms with E-state index >= 15 is 0 Å². The zero-order chi connectivity index (χ0) is 8.43. The molecule has 0 aromatic heterocycles. The first-order chi connectivity index (χ1) is 5.11. The molecule has 1 heteroatoms. The van der Waals surface area contributed by atoms with Gasteiger partial charge in [0.1, 0.15) is 5.78 Å². The van der Waals surface area contributed by atoms with Crippen LogP contribution in [0.5, 0.6) is 0 Å². The molecular formula is C10H16O. The molecule has 1 rings (SSSR count). The summed E-state index contributed by atoms with van der Waals surface area (Å²) >= 11 is 0. The van der Waals surface area contributed by atoms with E-state index in [0.29, 0.717) is 11.7 Å². The first-order valence-corrected chi connectivity index (χ1v) is 4.27. The van der Waals surface area contributed by atoms with Gasteiger partial charge in [-0.15, -0.1) is 0 Å². The third-order valence-corrected chi connectivity index (χ3v) is 2.72. The van der Waals surface area contributed by atoms with Gasteiger partial charge >= 0.3 is 0 Å². The normalized spacial score (nSPS) is 25.5. The predicted molar refractivity (Wildman–Crippen MR) is 46.4 cm³/mol. The molecule has 1 aliphatic rings. The first-order valence-electron chi connectivity index (χ1n) is 4.27. The molecule has 0 amide bonds. The molecule has 1 aliphatic carbocycles. The molecule has 1 atom stereocenters. The summed E-state index contributed by atoms with van der Waals surface area (Å²) in [6.45, 7) is 6.02. The highest BCUT2D eigenvalue weighted by molar-refractivity contribution is 5.78. The van der Waals surface area contributed by atoms with Gasteiger partial charge in [-0.05, 0) is 40.0 Å². The Kier molecular flexibility index (Phi) is 2.48. The quantitative estimate of drug-likeness (QED) is 0.528. The molecular weight excluding hydrogens is 136 g/mol. The Labute approximate surface area is 68.5 Å². The lowest BCUT2D eigenvalue weighted by Crippen LogP contribution is -2.15. The van der Waals surface area contributed by atoms with E-state index < -0.39 is 0 Å². The highest BCUT2D eigenvalue weighted by Crippen LogP contribution is 2.28. The minimum Gasteiger partial charge on any atom is -0.300 e. The molecule has 0 spiro atoms. The monoisotopic (exact) mass is 152 g/mol. The summed E-state index contributed by atoms with van der Waals surface area (Å²) in [7, 11) is 0. The van der Waals surface area contributed by atoms with Gasteiger partial charge in [0.15, 0.2) is 0 Å². The lowest BCUT2D eigenvalue weighted by atomic mass is 9.83. The van der Waals surface area contributed by atoms with E-state index in [0.717, 1.165) is 19.3 Å². The average Bonchev–Trinajstić information content (AvgIpc) is 1.94. The Morgan fingerprint density at radius 3 is 2.45 bits per heavy atom. The van der Waals surface area contributed by atoms with Crippen molar-refractivity contribution in [3.63, 3.8) is 0 Å². The van der Waals surface area contributed by atoms with Crippen LogP contribution in [0.4, 0.5) is 0 Å². The van der Waals surface area contributed by atoms with Crippen LogP contribution in [-0.2, 0) is 4.79 Å². The molecule has 1 nitrogen and oxygen atoms in total. The third-order valence-electron chi connectivity index (χ3n) is 2.72. The van der Waals surface area contributed by atoms with Crippen molar-refractivity contribution < 1.29 is 4.79 Å². The van der Waals surface area contributed by atoms with Crippen LogP contribution in [0.1, 0.15) is 40.0 Å². The molecule has 0 heterocycles. The average molecular weight is 152 g/mol. The lowest BCUT2D eigenvalue weighted by Gasteiger charge is -2.21. The van der Waals surface area contributed by atoms with Gasteiger partial charge in [-0.3, -0.25) is 4.79 Å². The van der Waals surface area contributed by atoms with Gasteiger partial charge in [-0.1, -0.05) is 11.1 Å². The number of Topliss-reactive ketones (excluding diaryl/α,β-unsaturated/α-hetero) is 1. The van der Waals surface area contributed by atoms with Gasteiger partial charge < -0.3 is 0 Å². The van der Waals surface area contributed by atoms with Crippen LogP contribution >= 0.6 is 0 Å². The van der Waals surface area contributed by atoms with Gasteiger partial charge in [0.05, 0.1) is 0 Å². The summed E-state index contributed by atoms with van der Waals surface area (Å²) in [5, 5.41) is 0. The number of allylic oxidation sites excluding steroid dienone is 2. The van der Waals surface area contributed by atoms with Gasteiger partial charge in [0, 0.05) is 5.92 Å². The Hall–Kier alpha value is -0.590. The van der Waals surface area contributed by atoms with Crippen LogP contribution in [-0.4, -0.2) is 5.78 Å². The maximum Gasteiger partial charge on any atom is 0.133 e. The summed E-state index contributed by atoms with van der Waals surface area (Å²) in [6, 6.07) is 0. The first kappa shape index (κ1) is 8.51. The topological polar surface area (TPSA) is 17.1 Å². The summed E-state index contributed by atoms with van der Waals surface area (Å²) in [5.41, 5.74) is 2.92. The molecule has 0 saturated carbocycles. The van der Waals surface area contributed by atoms with Crippen LogP contribution in [0.15, 0.2) is 11.1 Å². The standard InChI is InChI=1S/C10H16O/c1-7-4-5-10(9(3)11)6-8(7)2/h10H,4-6H2,1-3H3/t10-/m0/s1. The van der Waals surface area contributed by atoms with Gasteiger partial charge in [0.25, 0.3) is 0 Å². The summed E-state index contributed by atoms with van der Waals surface area (Å²) in [5.74, 6) is 0.676. The fourth-order valence-corrected chi connectivity index (χ4v) is 1.60. The zero-order valence-electron chi connectivity index (χ0n) is 7.61. The second-order valence-electron chi connectivity index (χ2n) is 3.61. The highest BCUT2D eigenvalue weighted by atomic mass is 16.1. The van der Waals surface area contributed by atoms with Crippen molar-refractivity contribution in [1.29, 1.82) is 0 Å². The van der Waals surface area contributed by atoms with Crippen molar-refractivity contribution in [3.8, 4) is 0 Å². The molecule has 0 radical (unpaired) electrons. The smallest absolute Gasteiger partial charge is 0.133 e. The number of rotatable bonds is 1. The van der Waals surface area contributed by atoms with Crippen LogP contribution in [0.2, 0.25) is 0 Å². The fraction of sp³-hybridized carbons (Fsp3) is 0.700. The highest BCUT2D eigenvalue weighted by Gasteiger charge is 2.19. The maximum absolute atomic E-state index is 11.0. The van der Waals surface area contributed by atoms with E-state index in [9.17, 15) is 4.79 Å². The largest absolute Gasteiger partial charge is 0.300 e. The number of hydrogen-bond acceptors (Lipinski definition) is 1. The lowest BCUT2D eigenvalue weighted by molar-refractivity contribution is -0.121. The Balaban J connectivity index is 2.64. The summed E-state index contributed by atoms with van der Waals surface area (Å²) in [6.07, 6.45) is 3.19. The van der Waals surface area contributed by atoms with E-state index in [1.807, 2.05) is 0 Å². The Bertz CT molecular complexity index is 201. The van der Waals surface area contributed by atoms with Crippen molar-refractivity contribution in [1.82, 2.24) is 0 Å². The minimum atomic E-state index is 0.318. The summed E-state index contributed by atoms with van der Waals surface area (Å²) in [4.78, 5) is 11.0. The minimum absolute atomic E-state index is 0.318. The van der Waals surface area contributed by atoms with Crippen LogP contribution in [0, 0.1) is 5.92 Å². The number of carbonyl (C=O) groups is 1. The van der Waals surface area contributed by atoms with E-state index in [2.05, 4.69) is 13.8 Å². The van der Waals surface area contributed by atoms with E-state index in [4.69, 9.17) is 0 Å². The molecule has 0 aromatic rings. The van der Waals surface area contributed by atoms with Gasteiger partial charge in [-0.25, -0.2) is 0 Å². The number of carbonyl (C=O) groups excluding carboxylic acids is 1. The Morgan fingerprint density at radius 2 is 2.00 bits per heavy atom. The number of ketones is 1. The molecule has 0 aliphatic heterocycles. The SMILES string of the molecule is CC(=O)[C@H]1CCC(C)=C(C)C1. The molecule has 0 unspecified atom stereocenters. The van der Waals surface area contributed by atoms with Crippen molar-refractivity contribution in [3.05, 3.63) is 11.1 Å². The molecule has 62 valence electrons. The third kappa shape index (κ3) is 1.92. The second-order valence-corrected chi connectivity index (χ2v) is 3.61. The summed E-state index contributed by atoms with van der Waals surface area (Å²) < 4.78 is 0. The molecule has 0 fully saturated rings. The Morgan fingerprint density at radius 1 is 1.36 bits per heavy atom. The molecule has 0 bridgehead atoms. The van der Waals surface area contributed by atoms with Gasteiger partial charge in [-0.2, -0.15) is 0 Å². The van der Waals surface area contributed by atoms with E-state index in [1.54, 1.807) is 6.92 Å². The maximum atomic E-state index is 11.0. The van der Waals surface area contributed by atoms with Crippen LogP contribution in [0.25, 0.3) is 0 Å². The van der Waals surface area contributed by atoms with E-state index in [1.165, 1.54) is 11.1 Å². The van der Waals surface area contributed by atoms with Crippen LogP contribution in [0.3, 0.4) is 0 Å². The number of hydrogen-bond donors (Lipinski definition) is 0. The molecule has 0 aromatic carbocycles. The van der Waals surface area contributed by atoms with Gasteiger partial charge in [0.2, 0.25) is 0 Å². The van der Waals surface area contributed by atoms with Crippen molar-refractivity contribution in [2.24, 2.45) is 5.92 Å². The van der Waals surface area contributed by atoms with E-state index in [-0.39, 0.29) is 0 Å². The zero-order valence-corrected chi connectivity index (χ0v) is 7.61. The van der Waals surface area contributed by atoms with Crippen molar-refractivity contribution >= 4 is 5.78 Å². The molecule has 0 saturated heterocycles. The van der Waals surface area contributed by atoms with Crippen LogP contribution < -0.4 is 0 Å². The molecule has 11 heavy (non-hydrogen) atoms. The van der Waals surface area contributed by atoms with Crippen molar-refractivity contribution in [2.75, 3.05) is 0 Å². The predicted octanol–water partition coefficient (Wildman–Crippen LogP) is 2.71.